The van der Waals surface area contributed by atoms with Crippen molar-refractivity contribution in [3.05, 3.63) is 52.8 Å². The summed E-state index contributed by atoms with van der Waals surface area (Å²) in [5.74, 6) is 1.64. The fourth-order valence-electron chi connectivity index (χ4n) is 3.76. The fraction of sp³-hybridized carbons (Fsp3) is 0.364. The van der Waals surface area contributed by atoms with Crippen LogP contribution in [0.2, 0.25) is 0 Å². The van der Waals surface area contributed by atoms with E-state index in [4.69, 9.17) is 4.74 Å². The molecule has 1 aliphatic heterocycles. The normalized spacial score (nSPS) is 14.2. The van der Waals surface area contributed by atoms with E-state index < -0.39 is 0 Å². The summed E-state index contributed by atoms with van der Waals surface area (Å²) < 4.78 is 5.46. The molecular weight excluding hydrogens is 396 g/mol. The summed E-state index contributed by atoms with van der Waals surface area (Å²) in [6.07, 6.45) is 1.88. The molecule has 0 aliphatic carbocycles. The molecule has 1 aromatic carbocycles. The summed E-state index contributed by atoms with van der Waals surface area (Å²) in [7, 11) is 0. The number of anilines is 2. The molecule has 0 saturated carbocycles. The van der Waals surface area contributed by atoms with Crippen LogP contribution in [0.3, 0.4) is 0 Å². The Hall–Kier alpha value is -3.32. The first-order chi connectivity index (χ1) is 14.1. The van der Waals surface area contributed by atoms with E-state index in [0.29, 0.717) is 18.8 Å². The van der Waals surface area contributed by atoms with Gasteiger partial charge in [-0.3, -0.25) is 0 Å². The zero-order valence-corrected chi connectivity index (χ0v) is 17.9. The molecule has 2 aromatic heterocycles. The Kier molecular flexibility index (Phi) is 7.83. The number of fused-ring (bicyclic) bond motifs is 1. The van der Waals surface area contributed by atoms with E-state index in [9.17, 15) is 5.26 Å². The van der Waals surface area contributed by atoms with Crippen LogP contribution in [0.25, 0.3) is 10.8 Å². The van der Waals surface area contributed by atoms with Crippen LogP contribution in [0.4, 0.5) is 11.6 Å². The number of ether oxygens (including phenoxy) is 1. The largest absolute Gasteiger partial charge is 0.412 e. The first kappa shape index (κ1) is 24.0. The van der Waals surface area contributed by atoms with Crippen molar-refractivity contribution in [3.8, 4) is 6.07 Å². The number of hydrogen-bond acceptors (Lipinski definition) is 7. The van der Waals surface area contributed by atoms with Crippen molar-refractivity contribution in [3.63, 3.8) is 0 Å². The molecule has 31 heavy (non-hydrogen) atoms. The molecule has 0 unspecified atom stereocenters. The number of morpholine rings is 1. The lowest BCUT2D eigenvalue weighted by molar-refractivity contribution is 0.122. The van der Waals surface area contributed by atoms with Gasteiger partial charge in [-0.1, -0.05) is 12.1 Å². The maximum absolute atomic E-state index is 9.33. The Morgan fingerprint density at radius 1 is 1.13 bits per heavy atom. The molecule has 0 radical (unpaired) electrons. The third-order valence-electron chi connectivity index (χ3n) is 5.49. The maximum atomic E-state index is 9.33. The van der Waals surface area contributed by atoms with Gasteiger partial charge in [-0.05, 0) is 44.0 Å². The van der Waals surface area contributed by atoms with E-state index in [1.54, 1.807) is 0 Å². The molecular formula is C22H28N6O3. The Morgan fingerprint density at radius 3 is 2.58 bits per heavy atom. The number of pyridine rings is 1. The van der Waals surface area contributed by atoms with Gasteiger partial charge in [-0.2, -0.15) is 10.4 Å². The molecule has 1 fully saturated rings. The van der Waals surface area contributed by atoms with Crippen LogP contribution in [-0.4, -0.2) is 52.4 Å². The van der Waals surface area contributed by atoms with Gasteiger partial charge in [0.15, 0.2) is 5.82 Å². The lowest BCUT2D eigenvalue weighted by Gasteiger charge is -2.28. The zero-order valence-electron chi connectivity index (χ0n) is 17.9. The molecule has 164 valence electrons. The van der Waals surface area contributed by atoms with Crippen molar-refractivity contribution in [1.82, 2.24) is 15.2 Å². The van der Waals surface area contributed by atoms with Crippen LogP contribution in [0.15, 0.2) is 30.5 Å². The molecule has 0 bridgehead atoms. The third kappa shape index (κ3) is 4.72. The van der Waals surface area contributed by atoms with Crippen molar-refractivity contribution in [2.24, 2.45) is 0 Å². The van der Waals surface area contributed by atoms with Crippen molar-refractivity contribution in [1.29, 1.82) is 5.26 Å². The topological polar surface area (TPSA) is 150 Å². The van der Waals surface area contributed by atoms with Gasteiger partial charge in [0.1, 0.15) is 5.82 Å². The SMILES string of the molecule is Cc1c(C#N)cccc1[C@@H](C)Nc1nnc(C)c2cnc(N3CCOCC3)cc12.O.O. The second-order valence-corrected chi connectivity index (χ2v) is 7.32. The number of aryl methyl sites for hydroxylation is 1. The molecule has 1 aliphatic rings. The lowest BCUT2D eigenvalue weighted by Crippen LogP contribution is -2.36. The Labute approximate surface area is 181 Å². The van der Waals surface area contributed by atoms with Gasteiger partial charge in [0, 0.05) is 30.1 Å². The quantitative estimate of drug-likeness (QED) is 0.671. The summed E-state index contributed by atoms with van der Waals surface area (Å²) in [6.45, 7) is 9.07. The fourth-order valence-corrected chi connectivity index (χ4v) is 3.76. The van der Waals surface area contributed by atoms with E-state index in [1.165, 1.54) is 0 Å². The lowest BCUT2D eigenvalue weighted by atomic mass is 9.98. The summed E-state index contributed by atoms with van der Waals surface area (Å²) in [4.78, 5) is 6.87. The number of nitrogens with zero attached hydrogens (tertiary/aromatic N) is 5. The average Bonchev–Trinajstić information content (AvgIpc) is 2.76. The van der Waals surface area contributed by atoms with E-state index in [-0.39, 0.29) is 17.0 Å². The van der Waals surface area contributed by atoms with Crippen LogP contribution >= 0.6 is 0 Å². The summed E-state index contributed by atoms with van der Waals surface area (Å²) in [5, 5.41) is 23.5. The summed E-state index contributed by atoms with van der Waals surface area (Å²) >= 11 is 0. The van der Waals surface area contributed by atoms with Crippen molar-refractivity contribution in [2.45, 2.75) is 26.8 Å². The van der Waals surface area contributed by atoms with Gasteiger partial charge in [-0.25, -0.2) is 4.98 Å². The number of nitrogens with one attached hydrogen (secondary N) is 1. The minimum absolute atomic E-state index is 0. The number of hydrogen-bond donors (Lipinski definition) is 1. The summed E-state index contributed by atoms with van der Waals surface area (Å²) in [5.41, 5.74) is 3.59. The van der Waals surface area contributed by atoms with E-state index in [2.05, 4.69) is 44.5 Å². The maximum Gasteiger partial charge on any atom is 0.157 e. The molecule has 5 N–H and O–H groups in total. The van der Waals surface area contributed by atoms with E-state index >= 15 is 0 Å². The van der Waals surface area contributed by atoms with Crippen LogP contribution < -0.4 is 10.2 Å². The molecule has 3 heterocycles. The van der Waals surface area contributed by atoms with Crippen molar-refractivity contribution >= 4 is 22.4 Å². The highest BCUT2D eigenvalue weighted by Crippen LogP contribution is 2.30. The minimum atomic E-state index is -0.0245. The number of benzene rings is 1. The monoisotopic (exact) mass is 424 g/mol. The van der Waals surface area contributed by atoms with E-state index in [0.717, 1.165) is 52.3 Å². The first-order valence-corrected chi connectivity index (χ1v) is 9.80. The van der Waals surface area contributed by atoms with E-state index in [1.807, 2.05) is 38.2 Å². The minimum Gasteiger partial charge on any atom is -0.412 e. The summed E-state index contributed by atoms with van der Waals surface area (Å²) in [6, 6.07) is 10.1. The second-order valence-electron chi connectivity index (χ2n) is 7.32. The van der Waals surface area contributed by atoms with Gasteiger partial charge in [0.2, 0.25) is 0 Å². The Balaban J connectivity index is 0.00000171. The number of aromatic nitrogens is 3. The first-order valence-electron chi connectivity index (χ1n) is 9.80. The Bertz CT molecular complexity index is 1090. The van der Waals surface area contributed by atoms with Gasteiger partial charge in [0.25, 0.3) is 0 Å². The van der Waals surface area contributed by atoms with Gasteiger partial charge < -0.3 is 25.9 Å². The molecule has 0 spiro atoms. The molecule has 1 saturated heterocycles. The van der Waals surface area contributed by atoms with Crippen molar-refractivity contribution < 1.29 is 15.7 Å². The standard InChI is InChI=1S/C22H24N6O.2H2O/c1-14-17(12-23)5-4-6-18(14)15(2)25-22-19-11-21(28-7-9-29-10-8-28)24-13-20(19)16(3)26-27-22;;/h4-6,11,13,15H,7-10H2,1-3H3,(H,25,27);2*1H2/t15-;;/m1../s1. The molecule has 4 rings (SSSR count). The second kappa shape index (κ2) is 10.1. The molecule has 9 heteroatoms. The predicted molar refractivity (Wildman–Crippen MR) is 120 cm³/mol. The zero-order chi connectivity index (χ0) is 20.4. The highest BCUT2D eigenvalue weighted by Gasteiger charge is 2.17. The van der Waals surface area contributed by atoms with Crippen LogP contribution in [-0.2, 0) is 4.74 Å². The van der Waals surface area contributed by atoms with Gasteiger partial charge in [-0.15, -0.1) is 5.10 Å². The van der Waals surface area contributed by atoms with Crippen LogP contribution in [0, 0.1) is 25.2 Å². The smallest absolute Gasteiger partial charge is 0.157 e. The number of rotatable bonds is 4. The average molecular weight is 425 g/mol. The van der Waals surface area contributed by atoms with Crippen molar-refractivity contribution in [2.75, 3.05) is 36.5 Å². The van der Waals surface area contributed by atoms with Crippen LogP contribution in [0.5, 0.6) is 0 Å². The molecule has 9 nitrogen and oxygen atoms in total. The highest BCUT2D eigenvalue weighted by atomic mass is 16.5. The molecule has 0 amide bonds. The predicted octanol–water partition coefficient (Wildman–Crippen LogP) is 1.87. The molecule has 1 atom stereocenters. The molecule has 3 aromatic rings. The number of nitriles is 1. The van der Waals surface area contributed by atoms with Gasteiger partial charge >= 0.3 is 0 Å². The third-order valence-corrected chi connectivity index (χ3v) is 5.49. The van der Waals surface area contributed by atoms with Crippen LogP contribution in [0.1, 0.15) is 35.3 Å². The Morgan fingerprint density at radius 2 is 1.87 bits per heavy atom. The highest BCUT2D eigenvalue weighted by molar-refractivity contribution is 5.94. The van der Waals surface area contributed by atoms with Gasteiger partial charge in [0.05, 0.1) is 36.6 Å².